The second-order valence-corrected chi connectivity index (χ2v) is 6.84. The summed E-state index contributed by atoms with van der Waals surface area (Å²) in [6.45, 7) is 8.14. The number of benzene rings is 1. The van der Waals surface area contributed by atoms with Crippen LogP contribution in [0.2, 0.25) is 0 Å². The first-order valence-electron chi connectivity index (χ1n) is 10.0. The molecule has 0 spiro atoms. The second-order valence-electron chi connectivity index (χ2n) is 6.84. The fourth-order valence-electron chi connectivity index (χ4n) is 3.29. The van der Waals surface area contributed by atoms with Crippen molar-refractivity contribution in [3.05, 3.63) is 35.9 Å². The van der Waals surface area contributed by atoms with Crippen molar-refractivity contribution in [2.45, 2.75) is 31.6 Å². The van der Waals surface area contributed by atoms with Crippen LogP contribution in [-0.4, -0.2) is 65.7 Å². The Labute approximate surface area is 186 Å². The lowest BCUT2D eigenvalue weighted by Crippen LogP contribution is -2.41. The maximum atomic E-state index is 5.62. The summed E-state index contributed by atoms with van der Waals surface area (Å²) in [5, 5.41) is 6.77. The Morgan fingerprint density at radius 3 is 2.54 bits per heavy atom. The minimum absolute atomic E-state index is 0. The van der Waals surface area contributed by atoms with Crippen LogP contribution in [0.1, 0.15) is 31.7 Å². The van der Waals surface area contributed by atoms with Gasteiger partial charge in [0.15, 0.2) is 5.96 Å². The number of methoxy groups -OCH3 is 1. The van der Waals surface area contributed by atoms with Gasteiger partial charge in [-0.1, -0.05) is 30.3 Å². The molecular formula is C21H36IN3O3. The summed E-state index contributed by atoms with van der Waals surface area (Å²) in [6, 6.07) is 10.7. The van der Waals surface area contributed by atoms with Crippen LogP contribution in [0.3, 0.4) is 0 Å². The lowest BCUT2D eigenvalue weighted by Gasteiger charge is -2.36. The number of hydrogen-bond donors (Lipinski definition) is 2. The van der Waals surface area contributed by atoms with Gasteiger partial charge in [-0.15, -0.1) is 24.0 Å². The molecule has 1 aromatic carbocycles. The van der Waals surface area contributed by atoms with Gasteiger partial charge in [-0.05, 0) is 31.7 Å². The molecule has 0 aliphatic carbocycles. The van der Waals surface area contributed by atoms with Crippen molar-refractivity contribution >= 4 is 29.9 Å². The van der Waals surface area contributed by atoms with Crippen molar-refractivity contribution in [2.24, 2.45) is 4.99 Å². The van der Waals surface area contributed by atoms with Gasteiger partial charge >= 0.3 is 0 Å². The Balaban J connectivity index is 0.00000392. The zero-order valence-corrected chi connectivity index (χ0v) is 19.6. The van der Waals surface area contributed by atoms with Crippen molar-refractivity contribution in [1.29, 1.82) is 0 Å². The van der Waals surface area contributed by atoms with Gasteiger partial charge in [0.1, 0.15) is 0 Å². The van der Waals surface area contributed by atoms with Crippen molar-refractivity contribution in [1.82, 2.24) is 10.6 Å². The molecule has 1 aliphatic heterocycles. The average Bonchev–Trinajstić information content (AvgIpc) is 2.72. The van der Waals surface area contributed by atoms with Gasteiger partial charge < -0.3 is 24.8 Å². The molecule has 0 saturated carbocycles. The molecule has 7 heteroatoms. The van der Waals surface area contributed by atoms with Gasteiger partial charge in [-0.3, -0.25) is 4.99 Å². The number of hydrogen-bond acceptors (Lipinski definition) is 4. The molecule has 0 amide bonds. The highest BCUT2D eigenvalue weighted by Crippen LogP contribution is 2.35. The Kier molecular flexibility index (Phi) is 13.5. The van der Waals surface area contributed by atoms with Crippen LogP contribution in [0.5, 0.6) is 0 Å². The normalized spacial score (nSPS) is 16.3. The van der Waals surface area contributed by atoms with Crippen LogP contribution in [0.4, 0.5) is 0 Å². The lowest BCUT2D eigenvalue weighted by molar-refractivity contribution is 0.0531. The third-order valence-corrected chi connectivity index (χ3v) is 4.91. The Morgan fingerprint density at radius 1 is 1.11 bits per heavy atom. The van der Waals surface area contributed by atoms with E-state index >= 15 is 0 Å². The number of ether oxygens (including phenoxy) is 3. The molecule has 160 valence electrons. The lowest BCUT2D eigenvalue weighted by atomic mass is 9.74. The highest BCUT2D eigenvalue weighted by atomic mass is 127. The first kappa shape index (κ1) is 25.1. The molecule has 0 aromatic heterocycles. The molecule has 2 rings (SSSR count). The van der Waals surface area contributed by atoms with E-state index in [4.69, 9.17) is 19.2 Å². The highest BCUT2D eigenvalue weighted by molar-refractivity contribution is 14.0. The molecule has 0 unspecified atom stereocenters. The van der Waals surface area contributed by atoms with Gasteiger partial charge in [0.05, 0.1) is 19.8 Å². The van der Waals surface area contributed by atoms with Crippen LogP contribution < -0.4 is 10.6 Å². The molecule has 0 radical (unpaired) electrons. The monoisotopic (exact) mass is 505 g/mol. The van der Waals surface area contributed by atoms with E-state index in [9.17, 15) is 0 Å². The number of nitrogens with zero attached hydrogens (tertiary/aromatic N) is 1. The van der Waals surface area contributed by atoms with Gasteiger partial charge in [0, 0.05) is 45.4 Å². The van der Waals surface area contributed by atoms with E-state index in [1.54, 1.807) is 7.11 Å². The molecule has 0 atom stereocenters. The van der Waals surface area contributed by atoms with E-state index in [0.29, 0.717) is 13.2 Å². The van der Waals surface area contributed by atoms with Crippen LogP contribution in [0.25, 0.3) is 0 Å². The molecule has 1 aliphatic rings. The number of rotatable bonds is 11. The van der Waals surface area contributed by atoms with Crippen LogP contribution in [0, 0.1) is 0 Å². The second kappa shape index (κ2) is 15.0. The first-order valence-corrected chi connectivity index (χ1v) is 10.0. The summed E-state index contributed by atoms with van der Waals surface area (Å²) in [7, 11) is 1.69. The topological polar surface area (TPSA) is 64.1 Å². The zero-order valence-electron chi connectivity index (χ0n) is 17.2. The van der Waals surface area contributed by atoms with Gasteiger partial charge in [0.2, 0.25) is 0 Å². The standard InChI is InChI=1S/C21H35N3O3.HI/c1-3-22-20(23-12-7-13-26-17-16-25-2)24-18-21(10-14-27-15-11-21)19-8-5-4-6-9-19;/h4-6,8-9H,3,7,10-18H2,1-2H3,(H2,22,23,24);1H. The molecule has 1 aromatic rings. The smallest absolute Gasteiger partial charge is 0.191 e. The van der Waals surface area contributed by atoms with E-state index in [0.717, 1.165) is 64.7 Å². The van der Waals surface area contributed by atoms with Gasteiger partial charge in [-0.2, -0.15) is 0 Å². The predicted octanol–water partition coefficient (Wildman–Crippen LogP) is 2.96. The number of nitrogens with one attached hydrogen (secondary N) is 2. The fourth-order valence-corrected chi connectivity index (χ4v) is 3.29. The van der Waals surface area contributed by atoms with E-state index in [-0.39, 0.29) is 29.4 Å². The van der Waals surface area contributed by atoms with E-state index in [1.165, 1.54) is 5.56 Å². The summed E-state index contributed by atoms with van der Waals surface area (Å²) in [5.41, 5.74) is 1.42. The van der Waals surface area contributed by atoms with Gasteiger partial charge in [0.25, 0.3) is 0 Å². The van der Waals surface area contributed by atoms with Crippen LogP contribution >= 0.6 is 24.0 Å². The molecule has 1 fully saturated rings. The largest absolute Gasteiger partial charge is 0.382 e. The summed E-state index contributed by atoms with van der Waals surface area (Å²) in [4.78, 5) is 4.91. The maximum Gasteiger partial charge on any atom is 0.191 e. The van der Waals surface area contributed by atoms with E-state index < -0.39 is 0 Å². The molecule has 1 heterocycles. The summed E-state index contributed by atoms with van der Waals surface area (Å²) in [5.74, 6) is 0.871. The predicted molar refractivity (Wildman–Crippen MR) is 125 cm³/mol. The summed E-state index contributed by atoms with van der Waals surface area (Å²) in [6.07, 6.45) is 2.95. The third-order valence-electron chi connectivity index (χ3n) is 4.91. The number of aliphatic imine (C=N–C) groups is 1. The van der Waals surface area contributed by atoms with Crippen LogP contribution in [0.15, 0.2) is 35.3 Å². The molecule has 6 nitrogen and oxygen atoms in total. The highest BCUT2D eigenvalue weighted by Gasteiger charge is 2.34. The van der Waals surface area contributed by atoms with Crippen molar-refractivity contribution < 1.29 is 14.2 Å². The molecule has 1 saturated heterocycles. The Bertz CT molecular complexity index is 537. The summed E-state index contributed by atoms with van der Waals surface area (Å²) >= 11 is 0. The molecule has 28 heavy (non-hydrogen) atoms. The van der Waals surface area contributed by atoms with Gasteiger partial charge in [-0.25, -0.2) is 0 Å². The SMILES string of the molecule is CCNC(=NCC1(c2ccccc2)CCOCC1)NCCCOCCOC.I. The number of guanidine groups is 1. The minimum atomic E-state index is 0. The average molecular weight is 505 g/mol. The maximum absolute atomic E-state index is 5.62. The quantitative estimate of drug-likeness (QED) is 0.210. The van der Waals surface area contributed by atoms with Crippen LogP contribution in [-0.2, 0) is 19.6 Å². The Hall–Kier alpha value is -0.900. The third kappa shape index (κ3) is 8.63. The Morgan fingerprint density at radius 2 is 1.86 bits per heavy atom. The van der Waals surface area contributed by atoms with E-state index in [2.05, 4.69) is 47.9 Å². The van der Waals surface area contributed by atoms with Crippen molar-refractivity contribution in [3.63, 3.8) is 0 Å². The molecule has 0 bridgehead atoms. The molecular weight excluding hydrogens is 469 g/mol. The van der Waals surface area contributed by atoms with E-state index in [1.807, 2.05) is 0 Å². The fraction of sp³-hybridized carbons (Fsp3) is 0.667. The van der Waals surface area contributed by atoms with Crippen molar-refractivity contribution in [3.8, 4) is 0 Å². The first-order chi connectivity index (χ1) is 13.3. The molecule has 2 N–H and O–H groups in total. The number of halogens is 1. The minimum Gasteiger partial charge on any atom is -0.382 e. The zero-order chi connectivity index (χ0) is 19.2. The summed E-state index contributed by atoms with van der Waals surface area (Å²) < 4.78 is 16.1. The van der Waals surface area contributed by atoms with Crippen molar-refractivity contribution in [2.75, 3.05) is 59.8 Å².